The first kappa shape index (κ1) is 15.3. The van der Waals surface area contributed by atoms with E-state index in [9.17, 15) is 4.39 Å². The fraction of sp³-hybridized carbons (Fsp3) is 0.105. The molecule has 0 bridgehead atoms. The SMILES string of the molecule is Fc1cccc(-c2cnc3ccc(NCCc4ccccn4)nn23)c1. The third-order valence-electron chi connectivity index (χ3n) is 3.90. The van der Waals surface area contributed by atoms with E-state index in [0.29, 0.717) is 0 Å². The minimum atomic E-state index is -0.280. The zero-order chi connectivity index (χ0) is 17.1. The summed E-state index contributed by atoms with van der Waals surface area (Å²) in [6.45, 7) is 0.722. The predicted octanol–water partition coefficient (Wildman–Crippen LogP) is 3.59. The lowest BCUT2D eigenvalue weighted by Gasteiger charge is -2.07. The summed E-state index contributed by atoms with van der Waals surface area (Å²) in [6, 6.07) is 16.1. The van der Waals surface area contributed by atoms with Gasteiger partial charge in [-0.25, -0.2) is 13.9 Å². The standard InChI is InChI=1S/C19H16FN5/c20-15-5-3-4-14(12-15)17-13-23-19-8-7-18(24-25(17)19)22-11-9-16-6-1-2-10-21-16/h1-8,10,12-13H,9,11H2,(H,22,24). The second-order valence-corrected chi connectivity index (χ2v) is 5.64. The van der Waals surface area contributed by atoms with Gasteiger partial charge in [0.15, 0.2) is 5.65 Å². The number of hydrogen-bond acceptors (Lipinski definition) is 4. The Kier molecular flexibility index (Phi) is 4.08. The second-order valence-electron chi connectivity index (χ2n) is 5.64. The molecule has 0 atom stereocenters. The second kappa shape index (κ2) is 6.68. The maximum absolute atomic E-state index is 13.5. The highest BCUT2D eigenvalue weighted by atomic mass is 19.1. The van der Waals surface area contributed by atoms with Crippen LogP contribution in [0, 0.1) is 5.82 Å². The van der Waals surface area contributed by atoms with Gasteiger partial charge in [0, 0.05) is 30.4 Å². The van der Waals surface area contributed by atoms with Crippen LogP contribution in [0.2, 0.25) is 0 Å². The first-order valence-electron chi connectivity index (χ1n) is 8.04. The van der Waals surface area contributed by atoms with Gasteiger partial charge in [-0.3, -0.25) is 4.98 Å². The molecule has 0 aliphatic carbocycles. The maximum atomic E-state index is 13.5. The average molecular weight is 333 g/mol. The summed E-state index contributed by atoms with van der Waals surface area (Å²) in [5.41, 5.74) is 3.24. The van der Waals surface area contributed by atoms with Crippen molar-refractivity contribution in [3.63, 3.8) is 0 Å². The van der Waals surface area contributed by atoms with Crippen molar-refractivity contribution in [2.75, 3.05) is 11.9 Å². The Balaban J connectivity index is 1.56. The maximum Gasteiger partial charge on any atom is 0.154 e. The molecular weight excluding hydrogens is 317 g/mol. The topological polar surface area (TPSA) is 55.1 Å². The van der Waals surface area contributed by atoms with Crippen LogP contribution in [0.25, 0.3) is 16.9 Å². The Morgan fingerprint density at radius 1 is 1.00 bits per heavy atom. The first-order valence-corrected chi connectivity index (χ1v) is 8.04. The van der Waals surface area contributed by atoms with Crippen molar-refractivity contribution < 1.29 is 4.39 Å². The van der Waals surface area contributed by atoms with E-state index in [1.807, 2.05) is 36.4 Å². The zero-order valence-electron chi connectivity index (χ0n) is 13.4. The third-order valence-corrected chi connectivity index (χ3v) is 3.90. The summed E-state index contributed by atoms with van der Waals surface area (Å²) in [4.78, 5) is 8.64. The van der Waals surface area contributed by atoms with E-state index in [0.717, 1.165) is 41.4 Å². The fourth-order valence-corrected chi connectivity index (χ4v) is 2.68. The lowest BCUT2D eigenvalue weighted by molar-refractivity contribution is 0.628. The molecule has 0 fully saturated rings. The Labute approximate surface area is 144 Å². The smallest absolute Gasteiger partial charge is 0.154 e. The van der Waals surface area contributed by atoms with Crippen molar-refractivity contribution in [3.8, 4) is 11.3 Å². The van der Waals surface area contributed by atoms with Crippen LogP contribution in [0.1, 0.15) is 5.69 Å². The van der Waals surface area contributed by atoms with Gasteiger partial charge in [0.2, 0.25) is 0 Å². The number of imidazole rings is 1. The van der Waals surface area contributed by atoms with Crippen LogP contribution in [-0.2, 0) is 6.42 Å². The van der Waals surface area contributed by atoms with Crippen LogP contribution in [-0.4, -0.2) is 26.1 Å². The van der Waals surface area contributed by atoms with E-state index < -0.39 is 0 Å². The molecule has 0 spiro atoms. The number of nitrogens with zero attached hydrogens (tertiary/aromatic N) is 4. The molecule has 6 heteroatoms. The molecule has 1 aromatic carbocycles. The molecule has 0 radical (unpaired) electrons. The van der Waals surface area contributed by atoms with Crippen LogP contribution in [0.5, 0.6) is 0 Å². The van der Waals surface area contributed by atoms with E-state index in [4.69, 9.17) is 0 Å². The Morgan fingerprint density at radius 2 is 1.96 bits per heavy atom. The molecule has 1 N–H and O–H groups in total. The Bertz CT molecular complexity index is 997. The third kappa shape index (κ3) is 3.33. The van der Waals surface area contributed by atoms with E-state index in [-0.39, 0.29) is 5.82 Å². The van der Waals surface area contributed by atoms with Gasteiger partial charge in [0.1, 0.15) is 11.6 Å². The van der Waals surface area contributed by atoms with E-state index in [1.165, 1.54) is 12.1 Å². The van der Waals surface area contributed by atoms with E-state index >= 15 is 0 Å². The number of rotatable bonds is 5. The zero-order valence-corrected chi connectivity index (χ0v) is 13.4. The predicted molar refractivity (Wildman–Crippen MR) is 94.8 cm³/mol. The highest BCUT2D eigenvalue weighted by Crippen LogP contribution is 2.21. The van der Waals surface area contributed by atoms with E-state index in [2.05, 4.69) is 20.4 Å². The molecular formula is C19H16FN5. The van der Waals surface area contributed by atoms with Gasteiger partial charge in [-0.1, -0.05) is 18.2 Å². The molecule has 4 rings (SSSR count). The molecule has 0 amide bonds. The Morgan fingerprint density at radius 3 is 2.80 bits per heavy atom. The van der Waals surface area contributed by atoms with Gasteiger partial charge in [-0.05, 0) is 36.4 Å². The summed E-state index contributed by atoms with van der Waals surface area (Å²) in [5.74, 6) is 0.455. The quantitative estimate of drug-likeness (QED) is 0.606. The molecule has 0 unspecified atom stereocenters. The summed E-state index contributed by atoms with van der Waals surface area (Å²) >= 11 is 0. The van der Waals surface area contributed by atoms with Gasteiger partial charge in [0.05, 0.1) is 11.9 Å². The lowest BCUT2D eigenvalue weighted by atomic mass is 10.2. The Hall–Kier alpha value is -3.28. The average Bonchev–Trinajstić information content (AvgIpc) is 3.06. The van der Waals surface area contributed by atoms with Crippen molar-refractivity contribution in [2.24, 2.45) is 0 Å². The molecule has 0 aliphatic rings. The largest absolute Gasteiger partial charge is 0.368 e. The summed E-state index contributed by atoms with van der Waals surface area (Å²) < 4.78 is 15.2. The van der Waals surface area contributed by atoms with Crippen molar-refractivity contribution in [2.45, 2.75) is 6.42 Å². The van der Waals surface area contributed by atoms with Crippen LogP contribution >= 0.6 is 0 Å². The molecule has 0 saturated carbocycles. The van der Waals surface area contributed by atoms with E-state index in [1.54, 1.807) is 23.0 Å². The van der Waals surface area contributed by atoms with Crippen LogP contribution in [0.4, 0.5) is 10.2 Å². The highest BCUT2D eigenvalue weighted by molar-refractivity contribution is 5.63. The molecule has 5 nitrogen and oxygen atoms in total. The minimum Gasteiger partial charge on any atom is -0.368 e. The van der Waals surface area contributed by atoms with Gasteiger partial charge >= 0.3 is 0 Å². The van der Waals surface area contributed by atoms with Crippen LogP contribution < -0.4 is 5.32 Å². The number of halogens is 1. The molecule has 0 aliphatic heterocycles. The number of anilines is 1. The summed E-state index contributed by atoms with van der Waals surface area (Å²) in [6.07, 6.45) is 4.30. The summed E-state index contributed by atoms with van der Waals surface area (Å²) in [7, 11) is 0. The molecule has 3 aromatic heterocycles. The normalized spacial score (nSPS) is 10.9. The number of benzene rings is 1. The summed E-state index contributed by atoms with van der Waals surface area (Å²) in [5, 5.41) is 7.86. The minimum absolute atomic E-state index is 0.280. The highest BCUT2D eigenvalue weighted by Gasteiger charge is 2.08. The molecule has 124 valence electrons. The van der Waals surface area contributed by atoms with Crippen LogP contribution in [0.15, 0.2) is 67.0 Å². The van der Waals surface area contributed by atoms with Gasteiger partial charge in [-0.2, -0.15) is 0 Å². The molecule has 0 saturated heterocycles. The van der Waals surface area contributed by atoms with Crippen molar-refractivity contribution >= 4 is 11.5 Å². The number of pyridine rings is 1. The number of aromatic nitrogens is 4. The monoisotopic (exact) mass is 333 g/mol. The molecule has 3 heterocycles. The van der Waals surface area contributed by atoms with Crippen molar-refractivity contribution in [1.29, 1.82) is 0 Å². The van der Waals surface area contributed by atoms with Gasteiger partial charge in [0.25, 0.3) is 0 Å². The van der Waals surface area contributed by atoms with Gasteiger partial charge < -0.3 is 5.32 Å². The van der Waals surface area contributed by atoms with Crippen molar-refractivity contribution in [1.82, 2.24) is 19.6 Å². The van der Waals surface area contributed by atoms with Crippen molar-refractivity contribution in [3.05, 3.63) is 78.5 Å². The van der Waals surface area contributed by atoms with Gasteiger partial charge in [-0.15, -0.1) is 5.10 Å². The molecule has 25 heavy (non-hydrogen) atoms. The molecule has 4 aromatic rings. The number of hydrogen-bond donors (Lipinski definition) is 1. The number of fused-ring (bicyclic) bond motifs is 1. The number of nitrogens with one attached hydrogen (secondary N) is 1. The fourth-order valence-electron chi connectivity index (χ4n) is 2.68. The first-order chi connectivity index (χ1) is 12.3. The van der Waals surface area contributed by atoms with Crippen LogP contribution in [0.3, 0.4) is 0 Å². The lowest BCUT2D eigenvalue weighted by Crippen LogP contribution is -2.09.